The van der Waals surface area contributed by atoms with Crippen LogP contribution in [-0.4, -0.2) is 57.3 Å². The molecular weight excluding hydrogens is 444 g/mol. The van der Waals surface area contributed by atoms with Crippen molar-refractivity contribution in [3.8, 4) is 0 Å². The summed E-state index contributed by atoms with van der Waals surface area (Å²) in [6.45, 7) is 0. The molecule has 1 rings (SSSR count). The van der Waals surface area contributed by atoms with Crippen molar-refractivity contribution in [3.05, 3.63) is 0 Å². The number of aliphatic hydroxyl groups is 3. The number of alkyl halides is 12. The van der Waals surface area contributed by atoms with Gasteiger partial charge in [0, 0.05) is 0 Å². The standard InChI is InChI=1S/C14H16F12O3/c15-11(16,17)9(28,12(18,19)20)4-6-1-7(3-8(27)2-6)5-10(29,13(21,22)23)14(24,25)26/h6-8,27-29H,1-5H2. The molecule has 3 N–H and O–H groups in total. The lowest BCUT2D eigenvalue weighted by Crippen LogP contribution is -2.59. The second-order valence-electron chi connectivity index (χ2n) is 7.21. The van der Waals surface area contributed by atoms with E-state index in [2.05, 4.69) is 0 Å². The van der Waals surface area contributed by atoms with Gasteiger partial charge < -0.3 is 15.3 Å². The average Bonchev–Trinajstić information content (AvgIpc) is 2.41. The van der Waals surface area contributed by atoms with Crippen LogP contribution in [0.2, 0.25) is 0 Å². The van der Waals surface area contributed by atoms with E-state index in [1.54, 1.807) is 0 Å². The Morgan fingerprint density at radius 3 is 0.966 bits per heavy atom. The molecule has 29 heavy (non-hydrogen) atoms. The minimum absolute atomic E-state index is 0.818. The molecule has 0 aromatic rings. The summed E-state index contributed by atoms with van der Waals surface area (Å²) >= 11 is 0. The van der Waals surface area contributed by atoms with Crippen LogP contribution < -0.4 is 0 Å². The molecule has 1 saturated carbocycles. The van der Waals surface area contributed by atoms with Gasteiger partial charge in [-0.1, -0.05) is 0 Å². The van der Waals surface area contributed by atoms with Crippen LogP contribution in [0, 0.1) is 11.8 Å². The highest BCUT2D eigenvalue weighted by Crippen LogP contribution is 2.52. The van der Waals surface area contributed by atoms with E-state index in [0.717, 1.165) is 0 Å². The Hall–Kier alpha value is -0.960. The van der Waals surface area contributed by atoms with E-state index in [1.807, 2.05) is 0 Å². The Kier molecular flexibility index (Phi) is 6.86. The SMILES string of the molecule is OC1CC(CC(O)(C(F)(F)F)C(F)(F)F)CC(CC(O)(C(F)(F)F)C(F)(F)F)C1. The predicted molar refractivity (Wildman–Crippen MR) is 70.2 cm³/mol. The van der Waals surface area contributed by atoms with Gasteiger partial charge in [0.25, 0.3) is 11.2 Å². The van der Waals surface area contributed by atoms with Gasteiger partial charge in [-0.2, -0.15) is 52.7 Å². The Bertz CT molecular complexity index is 486. The summed E-state index contributed by atoms with van der Waals surface area (Å²) in [6.07, 6.45) is -33.7. The smallest absolute Gasteiger partial charge is 0.393 e. The summed E-state index contributed by atoms with van der Waals surface area (Å²) < 4.78 is 153. The first-order chi connectivity index (χ1) is 12.6. The maximum atomic E-state index is 12.8. The van der Waals surface area contributed by atoms with Crippen LogP contribution in [0.25, 0.3) is 0 Å². The number of hydrogen-bond donors (Lipinski definition) is 3. The fraction of sp³-hybridized carbons (Fsp3) is 1.00. The molecule has 3 nitrogen and oxygen atoms in total. The third kappa shape index (κ3) is 5.21. The van der Waals surface area contributed by atoms with Crippen LogP contribution in [0.4, 0.5) is 52.7 Å². The normalized spacial score (nSPS) is 26.0. The molecule has 15 heteroatoms. The lowest BCUT2D eigenvalue weighted by atomic mass is 9.71. The van der Waals surface area contributed by atoms with Gasteiger partial charge in [-0.3, -0.25) is 0 Å². The monoisotopic (exact) mass is 460 g/mol. The van der Waals surface area contributed by atoms with Crippen molar-refractivity contribution < 1.29 is 68.0 Å². The highest BCUT2D eigenvalue weighted by molar-refractivity contribution is 5.00. The van der Waals surface area contributed by atoms with Gasteiger partial charge in [0.1, 0.15) is 0 Å². The van der Waals surface area contributed by atoms with Gasteiger partial charge in [-0.25, -0.2) is 0 Å². The lowest BCUT2D eigenvalue weighted by Gasteiger charge is -2.41. The predicted octanol–water partition coefficient (Wildman–Crippen LogP) is 4.26. The second kappa shape index (κ2) is 7.62. The zero-order chi connectivity index (χ0) is 23.3. The molecule has 0 spiro atoms. The zero-order valence-corrected chi connectivity index (χ0v) is 14.1. The molecule has 0 saturated heterocycles. The summed E-state index contributed by atoms with van der Waals surface area (Å²) in [6, 6.07) is 0. The molecule has 0 aromatic heterocycles. The first-order valence-corrected chi connectivity index (χ1v) is 7.95. The minimum Gasteiger partial charge on any atom is -0.393 e. The molecular formula is C14H16F12O3. The number of rotatable bonds is 4. The Labute approximate surface area is 155 Å². The summed E-state index contributed by atoms with van der Waals surface area (Å²) in [7, 11) is 0. The number of aliphatic hydroxyl groups excluding tert-OH is 1. The lowest BCUT2D eigenvalue weighted by molar-refractivity contribution is -0.376. The molecule has 0 heterocycles. The van der Waals surface area contributed by atoms with E-state index in [9.17, 15) is 57.8 Å². The molecule has 2 atom stereocenters. The van der Waals surface area contributed by atoms with Gasteiger partial charge >= 0.3 is 24.7 Å². The van der Waals surface area contributed by atoms with Crippen molar-refractivity contribution in [1.29, 1.82) is 0 Å². The maximum Gasteiger partial charge on any atom is 0.426 e. The van der Waals surface area contributed by atoms with Gasteiger partial charge in [0.2, 0.25) is 0 Å². The minimum atomic E-state index is -6.23. The molecule has 0 radical (unpaired) electrons. The summed E-state index contributed by atoms with van der Waals surface area (Å²) in [5.41, 5.74) is -10.5. The maximum absolute atomic E-state index is 12.8. The van der Waals surface area contributed by atoms with Crippen molar-refractivity contribution in [2.75, 3.05) is 0 Å². The number of hydrogen-bond acceptors (Lipinski definition) is 3. The van der Waals surface area contributed by atoms with Crippen molar-refractivity contribution >= 4 is 0 Å². The third-order valence-corrected chi connectivity index (χ3v) is 4.92. The average molecular weight is 460 g/mol. The van der Waals surface area contributed by atoms with Crippen molar-refractivity contribution in [3.63, 3.8) is 0 Å². The largest absolute Gasteiger partial charge is 0.426 e. The van der Waals surface area contributed by atoms with Crippen molar-refractivity contribution in [2.24, 2.45) is 11.8 Å². The van der Waals surface area contributed by atoms with E-state index < -0.39 is 86.0 Å². The topological polar surface area (TPSA) is 60.7 Å². The molecule has 0 aromatic carbocycles. The van der Waals surface area contributed by atoms with Crippen LogP contribution in [0.5, 0.6) is 0 Å². The molecule has 0 amide bonds. The van der Waals surface area contributed by atoms with Crippen LogP contribution in [0.3, 0.4) is 0 Å². The zero-order valence-electron chi connectivity index (χ0n) is 14.1. The van der Waals surface area contributed by atoms with Gasteiger partial charge in [-0.15, -0.1) is 0 Å². The highest BCUT2D eigenvalue weighted by atomic mass is 19.4. The van der Waals surface area contributed by atoms with Gasteiger partial charge in [-0.05, 0) is 43.9 Å². The van der Waals surface area contributed by atoms with Crippen molar-refractivity contribution in [2.45, 2.75) is 74.1 Å². The summed E-state index contributed by atoms with van der Waals surface area (Å²) in [5, 5.41) is 27.9. The van der Waals surface area contributed by atoms with Crippen molar-refractivity contribution in [1.82, 2.24) is 0 Å². The van der Waals surface area contributed by atoms with Crippen LogP contribution in [-0.2, 0) is 0 Å². The fourth-order valence-corrected chi connectivity index (χ4v) is 3.48. The van der Waals surface area contributed by atoms with Crippen LogP contribution in [0.15, 0.2) is 0 Å². The quantitative estimate of drug-likeness (QED) is 0.550. The molecule has 1 aliphatic carbocycles. The third-order valence-electron chi connectivity index (χ3n) is 4.92. The molecule has 0 bridgehead atoms. The molecule has 174 valence electrons. The van der Waals surface area contributed by atoms with Crippen LogP contribution >= 0.6 is 0 Å². The van der Waals surface area contributed by atoms with E-state index in [4.69, 9.17) is 10.2 Å². The first-order valence-electron chi connectivity index (χ1n) is 7.95. The summed E-state index contributed by atoms with van der Waals surface area (Å²) in [4.78, 5) is 0. The molecule has 1 fully saturated rings. The highest BCUT2D eigenvalue weighted by Gasteiger charge is 2.72. The number of halogens is 12. The Morgan fingerprint density at radius 1 is 0.517 bits per heavy atom. The first kappa shape index (κ1) is 26.1. The van der Waals surface area contributed by atoms with Gasteiger partial charge in [0.05, 0.1) is 6.10 Å². The van der Waals surface area contributed by atoms with E-state index >= 15 is 0 Å². The van der Waals surface area contributed by atoms with Crippen LogP contribution in [0.1, 0.15) is 32.1 Å². The Balaban J connectivity index is 3.14. The van der Waals surface area contributed by atoms with E-state index in [0.29, 0.717) is 0 Å². The summed E-state index contributed by atoms with van der Waals surface area (Å²) in [5.74, 6) is -3.83. The van der Waals surface area contributed by atoms with E-state index in [-0.39, 0.29) is 0 Å². The second-order valence-corrected chi connectivity index (χ2v) is 7.21. The van der Waals surface area contributed by atoms with E-state index in [1.165, 1.54) is 0 Å². The molecule has 0 aliphatic heterocycles. The molecule has 1 aliphatic rings. The fourth-order valence-electron chi connectivity index (χ4n) is 3.48. The van der Waals surface area contributed by atoms with Gasteiger partial charge in [0.15, 0.2) is 0 Å². The molecule has 2 unspecified atom stereocenters. The Morgan fingerprint density at radius 2 is 0.759 bits per heavy atom.